The summed E-state index contributed by atoms with van der Waals surface area (Å²) in [5.74, 6) is 1.91. The first kappa shape index (κ1) is 19.2. The number of para-hydroxylation sites is 1. The van der Waals surface area contributed by atoms with Gasteiger partial charge in [0, 0.05) is 45.8 Å². The van der Waals surface area contributed by atoms with E-state index in [1.165, 1.54) is 11.1 Å². The Balaban J connectivity index is 1.41. The number of piperazine rings is 1. The van der Waals surface area contributed by atoms with Crippen molar-refractivity contribution in [2.75, 3.05) is 46.4 Å². The van der Waals surface area contributed by atoms with Gasteiger partial charge < -0.3 is 19.5 Å². The molecule has 0 bridgehead atoms. The molecule has 0 atom stereocenters. The Hall–Kier alpha value is -2.54. The molecule has 1 aliphatic rings. The number of rotatable bonds is 6. The predicted octanol–water partition coefficient (Wildman–Crippen LogP) is 2.06. The second-order valence-corrected chi connectivity index (χ2v) is 6.80. The average molecular weight is 371 g/mol. The average Bonchev–Trinajstić information content (AvgIpc) is 3.18. The van der Waals surface area contributed by atoms with Gasteiger partial charge in [-0.3, -0.25) is 9.89 Å². The van der Waals surface area contributed by atoms with E-state index >= 15 is 0 Å². The Bertz CT molecular complexity index is 717. The van der Waals surface area contributed by atoms with Crippen LogP contribution in [0, 0.1) is 13.8 Å². The molecule has 146 valence electrons. The summed E-state index contributed by atoms with van der Waals surface area (Å²) in [4.78, 5) is 9.09. The largest absolute Gasteiger partial charge is 0.491 e. The highest BCUT2D eigenvalue weighted by Gasteiger charge is 2.20. The molecular weight excluding hydrogens is 342 g/mol. The second kappa shape index (κ2) is 9.41. The first-order valence-corrected chi connectivity index (χ1v) is 9.43. The van der Waals surface area contributed by atoms with Crippen molar-refractivity contribution in [1.29, 1.82) is 0 Å². The summed E-state index contributed by atoms with van der Waals surface area (Å²) in [7, 11) is 1.83. The van der Waals surface area contributed by atoms with Crippen LogP contribution in [0.4, 0.5) is 0 Å². The molecule has 2 aromatic rings. The van der Waals surface area contributed by atoms with E-state index in [4.69, 9.17) is 9.26 Å². The zero-order chi connectivity index (χ0) is 19.1. The minimum Gasteiger partial charge on any atom is -0.491 e. The van der Waals surface area contributed by atoms with E-state index in [1.54, 1.807) is 6.26 Å². The van der Waals surface area contributed by atoms with Gasteiger partial charge in [-0.05, 0) is 25.0 Å². The van der Waals surface area contributed by atoms with E-state index in [0.29, 0.717) is 6.61 Å². The molecule has 0 amide bonds. The number of hydrogen-bond donors (Lipinski definition) is 1. The van der Waals surface area contributed by atoms with Crippen molar-refractivity contribution < 1.29 is 9.26 Å². The van der Waals surface area contributed by atoms with Crippen LogP contribution in [-0.4, -0.2) is 67.3 Å². The van der Waals surface area contributed by atoms with E-state index in [-0.39, 0.29) is 0 Å². The maximum atomic E-state index is 5.97. The topological polar surface area (TPSA) is 66.1 Å². The fourth-order valence-corrected chi connectivity index (χ4v) is 3.34. The Morgan fingerprint density at radius 1 is 1.19 bits per heavy atom. The van der Waals surface area contributed by atoms with E-state index < -0.39 is 0 Å². The number of aliphatic imine (C=N–C) groups is 1. The van der Waals surface area contributed by atoms with Crippen molar-refractivity contribution in [2.24, 2.45) is 4.99 Å². The molecule has 1 N–H and O–H groups in total. The van der Waals surface area contributed by atoms with Gasteiger partial charge in [0.05, 0.1) is 12.2 Å². The van der Waals surface area contributed by atoms with E-state index in [9.17, 15) is 0 Å². The number of hydrogen-bond acceptors (Lipinski definition) is 5. The van der Waals surface area contributed by atoms with Gasteiger partial charge in [-0.25, -0.2) is 0 Å². The minimum absolute atomic E-state index is 0.608. The number of ether oxygens (including phenoxy) is 1. The molecule has 1 aliphatic heterocycles. The molecule has 0 radical (unpaired) electrons. The molecule has 1 saturated heterocycles. The zero-order valence-electron chi connectivity index (χ0n) is 16.4. The first-order chi connectivity index (χ1) is 13.2. The molecule has 3 rings (SSSR count). The van der Waals surface area contributed by atoms with Gasteiger partial charge in [-0.2, -0.15) is 0 Å². The molecular formula is C20H29N5O2. The molecule has 1 aromatic carbocycles. The van der Waals surface area contributed by atoms with Crippen molar-refractivity contribution in [2.45, 2.75) is 20.4 Å². The maximum Gasteiger partial charge on any atom is 0.193 e. The quantitative estimate of drug-likeness (QED) is 0.476. The number of nitrogens with one attached hydrogen (secondary N) is 1. The maximum absolute atomic E-state index is 5.97. The van der Waals surface area contributed by atoms with E-state index in [1.807, 2.05) is 13.1 Å². The highest BCUT2D eigenvalue weighted by atomic mass is 16.5. The number of aromatic nitrogens is 1. The van der Waals surface area contributed by atoms with Gasteiger partial charge in [-0.15, -0.1) is 0 Å². The van der Waals surface area contributed by atoms with Gasteiger partial charge in [-0.1, -0.05) is 23.4 Å². The van der Waals surface area contributed by atoms with Gasteiger partial charge in [0.25, 0.3) is 0 Å². The number of aryl methyl sites for hydroxylation is 2. The highest BCUT2D eigenvalue weighted by Crippen LogP contribution is 2.21. The first-order valence-electron chi connectivity index (χ1n) is 9.43. The molecule has 2 heterocycles. The van der Waals surface area contributed by atoms with Gasteiger partial charge in [0.15, 0.2) is 5.96 Å². The van der Waals surface area contributed by atoms with Crippen LogP contribution in [0.3, 0.4) is 0 Å². The fourth-order valence-electron chi connectivity index (χ4n) is 3.34. The van der Waals surface area contributed by atoms with E-state index in [2.05, 4.69) is 57.3 Å². The summed E-state index contributed by atoms with van der Waals surface area (Å²) < 4.78 is 10.9. The summed E-state index contributed by atoms with van der Waals surface area (Å²) in [5, 5.41) is 7.40. The van der Waals surface area contributed by atoms with Crippen LogP contribution in [0.5, 0.6) is 5.75 Å². The predicted molar refractivity (Wildman–Crippen MR) is 106 cm³/mol. The molecule has 0 saturated carbocycles. The van der Waals surface area contributed by atoms with Crippen LogP contribution >= 0.6 is 0 Å². The molecule has 7 nitrogen and oxygen atoms in total. The third kappa shape index (κ3) is 5.23. The standard InChI is InChI=1S/C20H29N5O2/c1-16-5-4-6-17(2)19(16)26-14-8-22-20(21-3)25-11-9-24(10-12-25)15-18-7-13-27-23-18/h4-7,13H,8-12,14-15H2,1-3H3,(H,21,22). The van der Waals surface area contributed by atoms with Crippen molar-refractivity contribution in [1.82, 2.24) is 20.3 Å². The van der Waals surface area contributed by atoms with Crippen LogP contribution in [0.2, 0.25) is 0 Å². The van der Waals surface area contributed by atoms with E-state index in [0.717, 1.165) is 56.7 Å². The Morgan fingerprint density at radius 2 is 1.93 bits per heavy atom. The molecule has 27 heavy (non-hydrogen) atoms. The molecule has 7 heteroatoms. The number of benzene rings is 1. The third-order valence-corrected chi connectivity index (χ3v) is 4.80. The van der Waals surface area contributed by atoms with Crippen LogP contribution < -0.4 is 10.1 Å². The molecule has 1 aromatic heterocycles. The van der Waals surface area contributed by atoms with Gasteiger partial charge in [0.1, 0.15) is 18.6 Å². The van der Waals surface area contributed by atoms with Crippen LogP contribution in [0.25, 0.3) is 0 Å². The van der Waals surface area contributed by atoms with Crippen molar-refractivity contribution >= 4 is 5.96 Å². The smallest absolute Gasteiger partial charge is 0.193 e. The zero-order valence-corrected chi connectivity index (χ0v) is 16.4. The van der Waals surface area contributed by atoms with Crippen LogP contribution in [-0.2, 0) is 6.54 Å². The lowest BCUT2D eigenvalue weighted by Gasteiger charge is -2.36. The van der Waals surface area contributed by atoms with Crippen LogP contribution in [0.15, 0.2) is 40.0 Å². The SMILES string of the molecule is CN=C(NCCOc1c(C)cccc1C)N1CCN(Cc2ccon2)CC1. The Kier molecular flexibility index (Phi) is 6.70. The monoisotopic (exact) mass is 371 g/mol. The molecule has 1 fully saturated rings. The van der Waals surface area contributed by atoms with Gasteiger partial charge >= 0.3 is 0 Å². The van der Waals surface area contributed by atoms with Crippen molar-refractivity contribution in [3.63, 3.8) is 0 Å². The summed E-state index contributed by atoms with van der Waals surface area (Å²) >= 11 is 0. The Morgan fingerprint density at radius 3 is 2.56 bits per heavy atom. The number of guanidine groups is 1. The normalized spacial score (nSPS) is 15.8. The summed E-state index contributed by atoms with van der Waals surface area (Å²) in [6.45, 7) is 10.2. The van der Waals surface area contributed by atoms with Crippen molar-refractivity contribution in [3.8, 4) is 5.75 Å². The summed E-state index contributed by atoms with van der Waals surface area (Å²) in [6.07, 6.45) is 1.62. The number of nitrogens with zero attached hydrogens (tertiary/aromatic N) is 4. The third-order valence-electron chi connectivity index (χ3n) is 4.80. The van der Waals surface area contributed by atoms with Crippen LogP contribution in [0.1, 0.15) is 16.8 Å². The Labute approximate surface area is 161 Å². The second-order valence-electron chi connectivity index (χ2n) is 6.80. The summed E-state index contributed by atoms with van der Waals surface area (Å²) in [5.41, 5.74) is 3.32. The molecule has 0 unspecified atom stereocenters. The lowest BCUT2D eigenvalue weighted by Crippen LogP contribution is -2.52. The lowest BCUT2D eigenvalue weighted by molar-refractivity contribution is 0.168. The minimum atomic E-state index is 0.608. The molecule has 0 spiro atoms. The molecule has 0 aliphatic carbocycles. The van der Waals surface area contributed by atoms with Crippen molar-refractivity contribution in [3.05, 3.63) is 47.3 Å². The fraction of sp³-hybridized carbons (Fsp3) is 0.500. The highest BCUT2D eigenvalue weighted by molar-refractivity contribution is 5.80. The lowest BCUT2D eigenvalue weighted by atomic mass is 10.1. The van der Waals surface area contributed by atoms with Gasteiger partial charge in [0.2, 0.25) is 0 Å². The summed E-state index contributed by atoms with van der Waals surface area (Å²) in [6, 6.07) is 8.13.